The number of hydrazone groups is 1. The molecule has 0 saturated carbocycles. The highest BCUT2D eigenvalue weighted by Gasteiger charge is 2.08. The largest absolute Gasteiger partial charge is 0.274 e. The van der Waals surface area contributed by atoms with Gasteiger partial charge in [-0.15, -0.1) is 11.8 Å². The summed E-state index contributed by atoms with van der Waals surface area (Å²) >= 11 is 7.49. The summed E-state index contributed by atoms with van der Waals surface area (Å²) in [4.78, 5) is 16.8. The summed E-state index contributed by atoms with van der Waals surface area (Å²) in [5.74, 6) is -0.389. The van der Waals surface area contributed by atoms with Gasteiger partial charge in [0.1, 0.15) is 5.15 Å². The third-order valence-corrected chi connectivity index (χ3v) is 3.54. The maximum absolute atomic E-state index is 11.8. The number of halogens is 1. The van der Waals surface area contributed by atoms with Crippen LogP contribution in [0.15, 0.2) is 52.6 Å². The van der Waals surface area contributed by atoms with E-state index in [9.17, 15) is 4.79 Å². The lowest BCUT2D eigenvalue weighted by Crippen LogP contribution is -2.18. The van der Waals surface area contributed by atoms with Gasteiger partial charge in [0.2, 0.25) is 0 Å². The number of pyridine rings is 1. The van der Waals surface area contributed by atoms with Crippen LogP contribution in [0.5, 0.6) is 0 Å². The minimum atomic E-state index is -0.389. The number of benzene rings is 1. The van der Waals surface area contributed by atoms with Crippen LogP contribution in [-0.2, 0) is 0 Å². The summed E-state index contributed by atoms with van der Waals surface area (Å²) in [7, 11) is 0. The number of thioether (sulfide) groups is 1. The Labute approximate surface area is 126 Å². The molecule has 0 bridgehead atoms. The molecule has 102 valence electrons. The Balaban J connectivity index is 1.99. The van der Waals surface area contributed by atoms with Crippen molar-refractivity contribution in [1.82, 2.24) is 10.4 Å². The predicted molar refractivity (Wildman–Crippen MR) is 82.5 cm³/mol. The molecule has 0 aliphatic heterocycles. The van der Waals surface area contributed by atoms with Crippen LogP contribution < -0.4 is 5.43 Å². The zero-order valence-electron chi connectivity index (χ0n) is 10.7. The van der Waals surface area contributed by atoms with Gasteiger partial charge in [-0.3, -0.25) is 4.79 Å². The lowest BCUT2D eigenvalue weighted by atomic mass is 10.2. The van der Waals surface area contributed by atoms with Crippen molar-refractivity contribution in [2.45, 2.75) is 4.90 Å². The van der Waals surface area contributed by atoms with Gasteiger partial charge in [-0.2, -0.15) is 5.10 Å². The van der Waals surface area contributed by atoms with E-state index >= 15 is 0 Å². The Morgan fingerprint density at radius 1 is 1.35 bits per heavy atom. The molecule has 0 aliphatic carbocycles. The average molecular weight is 306 g/mol. The van der Waals surface area contributed by atoms with E-state index in [0.717, 1.165) is 5.56 Å². The van der Waals surface area contributed by atoms with E-state index in [2.05, 4.69) is 15.5 Å². The van der Waals surface area contributed by atoms with Gasteiger partial charge in [0.15, 0.2) is 0 Å². The molecule has 1 aromatic carbocycles. The van der Waals surface area contributed by atoms with Crippen LogP contribution in [0.1, 0.15) is 15.9 Å². The van der Waals surface area contributed by atoms with E-state index in [1.807, 2.05) is 30.5 Å². The molecule has 6 heteroatoms. The van der Waals surface area contributed by atoms with Gasteiger partial charge >= 0.3 is 0 Å². The monoisotopic (exact) mass is 305 g/mol. The molecule has 1 aromatic heterocycles. The lowest BCUT2D eigenvalue weighted by molar-refractivity contribution is 0.0955. The van der Waals surface area contributed by atoms with Crippen LogP contribution >= 0.6 is 23.4 Å². The molecule has 0 aliphatic rings. The van der Waals surface area contributed by atoms with Gasteiger partial charge < -0.3 is 0 Å². The van der Waals surface area contributed by atoms with E-state index in [1.54, 1.807) is 30.1 Å². The molecular weight excluding hydrogens is 294 g/mol. The van der Waals surface area contributed by atoms with Crippen molar-refractivity contribution in [3.8, 4) is 0 Å². The Kier molecular flexibility index (Phi) is 5.15. The number of aromatic nitrogens is 1. The molecule has 1 heterocycles. The minimum absolute atomic E-state index is 0.157. The third kappa shape index (κ3) is 3.82. The lowest BCUT2D eigenvalue weighted by Gasteiger charge is -2.01. The van der Waals surface area contributed by atoms with E-state index in [1.165, 1.54) is 11.1 Å². The molecule has 1 N–H and O–H groups in total. The molecule has 0 spiro atoms. The summed E-state index contributed by atoms with van der Waals surface area (Å²) in [5.41, 5.74) is 3.62. The summed E-state index contributed by atoms with van der Waals surface area (Å²) in [6.07, 6.45) is 5.11. The highest BCUT2D eigenvalue weighted by Crippen LogP contribution is 2.14. The van der Waals surface area contributed by atoms with Crippen molar-refractivity contribution < 1.29 is 4.79 Å². The van der Waals surface area contributed by atoms with E-state index in [4.69, 9.17) is 11.6 Å². The Hall–Kier alpha value is -1.85. The van der Waals surface area contributed by atoms with Crippen LogP contribution in [-0.4, -0.2) is 23.4 Å². The summed E-state index contributed by atoms with van der Waals surface area (Å²) in [6, 6.07) is 11.1. The average Bonchev–Trinajstić information content (AvgIpc) is 2.48. The van der Waals surface area contributed by atoms with Crippen molar-refractivity contribution in [2.75, 3.05) is 6.26 Å². The van der Waals surface area contributed by atoms with Crippen LogP contribution in [0.2, 0.25) is 5.15 Å². The number of nitrogens with one attached hydrogen (secondary N) is 1. The fourth-order valence-electron chi connectivity index (χ4n) is 1.47. The Morgan fingerprint density at radius 3 is 2.75 bits per heavy atom. The molecule has 0 atom stereocenters. The van der Waals surface area contributed by atoms with Crippen LogP contribution in [0.25, 0.3) is 0 Å². The first-order chi connectivity index (χ1) is 9.70. The first-order valence-corrected chi connectivity index (χ1v) is 7.39. The fraction of sp³-hybridized carbons (Fsp3) is 0.0714. The fourth-order valence-corrected chi connectivity index (χ4v) is 2.08. The first-order valence-electron chi connectivity index (χ1n) is 5.78. The quantitative estimate of drug-likeness (QED) is 0.408. The molecule has 1 amide bonds. The van der Waals surface area contributed by atoms with Crippen molar-refractivity contribution in [3.05, 3.63) is 58.9 Å². The number of hydrogen-bond donors (Lipinski definition) is 1. The van der Waals surface area contributed by atoms with Gasteiger partial charge in [0.25, 0.3) is 5.91 Å². The Morgan fingerprint density at radius 2 is 2.10 bits per heavy atom. The molecule has 20 heavy (non-hydrogen) atoms. The third-order valence-electron chi connectivity index (χ3n) is 2.50. The molecule has 4 nitrogen and oxygen atoms in total. The minimum Gasteiger partial charge on any atom is -0.267 e. The Bertz CT molecular complexity index is 629. The molecular formula is C14H12ClN3OS. The van der Waals surface area contributed by atoms with Crippen LogP contribution in [0.3, 0.4) is 0 Å². The zero-order chi connectivity index (χ0) is 14.4. The highest BCUT2D eigenvalue weighted by atomic mass is 35.5. The number of hydrogen-bond acceptors (Lipinski definition) is 4. The van der Waals surface area contributed by atoms with Crippen LogP contribution in [0, 0.1) is 0 Å². The van der Waals surface area contributed by atoms with Crippen LogP contribution in [0.4, 0.5) is 0 Å². The maximum atomic E-state index is 11.8. The second kappa shape index (κ2) is 7.07. The van der Waals surface area contributed by atoms with Gasteiger partial charge in [-0.1, -0.05) is 23.7 Å². The second-order valence-corrected chi connectivity index (χ2v) is 5.05. The van der Waals surface area contributed by atoms with Gasteiger partial charge in [0.05, 0.1) is 11.8 Å². The maximum Gasteiger partial charge on any atom is 0.274 e. The number of amides is 1. The number of carbonyl (C=O) groups is 1. The molecule has 2 rings (SSSR count). The second-order valence-electron chi connectivity index (χ2n) is 3.81. The van der Waals surface area contributed by atoms with Gasteiger partial charge in [0, 0.05) is 11.1 Å². The summed E-state index contributed by atoms with van der Waals surface area (Å²) in [6.45, 7) is 0. The molecule has 2 aromatic rings. The molecule has 0 saturated heterocycles. The predicted octanol–water partition coefficient (Wildman–Crippen LogP) is 3.22. The number of rotatable bonds is 4. The normalized spacial score (nSPS) is 10.7. The number of nitrogens with zero attached hydrogens (tertiary/aromatic N) is 2. The van der Waals surface area contributed by atoms with Crippen molar-refractivity contribution >= 4 is 35.5 Å². The van der Waals surface area contributed by atoms with Crippen molar-refractivity contribution in [3.63, 3.8) is 0 Å². The first kappa shape index (κ1) is 14.6. The summed E-state index contributed by atoms with van der Waals surface area (Å²) in [5, 5.41) is 4.05. The molecule has 0 unspecified atom stereocenters. The van der Waals surface area contributed by atoms with E-state index < -0.39 is 0 Å². The smallest absolute Gasteiger partial charge is 0.267 e. The van der Waals surface area contributed by atoms with Crippen molar-refractivity contribution in [1.29, 1.82) is 0 Å². The SMILES string of the molecule is CSc1ccc(/C=N/NC(=O)c2cccnc2Cl)cc1. The molecule has 0 fully saturated rings. The van der Waals surface area contributed by atoms with Gasteiger partial charge in [-0.05, 0) is 36.1 Å². The zero-order valence-corrected chi connectivity index (χ0v) is 12.3. The highest BCUT2D eigenvalue weighted by molar-refractivity contribution is 7.98. The summed E-state index contributed by atoms with van der Waals surface area (Å²) < 4.78 is 0. The van der Waals surface area contributed by atoms with E-state index in [0.29, 0.717) is 5.56 Å². The standard InChI is InChI=1S/C14H12ClN3OS/c1-20-11-6-4-10(5-7-11)9-17-18-14(19)12-3-2-8-16-13(12)15/h2-9H,1H3,(H,18,19)/b17-9+. The van der Waals surface area contributed by atoms with Crippen molar-refractivity contribution in [2.24, 2.45) is 5.10 Å². The molecule has 0 radical (unpaired) electrons. The van der Waals surface area contributed by atoms with E-state index in [-0.39, 0.29) is 11.1 Å². The topological polar surface area (TPSA) is 54.4 Å². The van der Waals surface area contributed by atoms with Gasteiger partial charge in [-0.25, -0.2) is 10.4 Å². The number of carbonyl (C=O) groups excluding carboxylic acids is 1.